The Labute approximate surface area is 166 Å². The predicted molar refractivity (Wildman–Crippen MR) is 109 cm³/mol. The molecule has 2 aliphatic rings. The summed E-state index contributed by atoms with van der Waals surface area (Å²) in [5.74, 6) is 0.163. The minimum absolute atomic E-state index is 0.0489. The highest BCUT2D eigenvalue weighted by molar-refractivity contribution is 5.91. The number of carbonyl (C=O) groups is 2. The lowest BCUT2D eigenvalue weighted by atomic mass is 9.69. The van der Waals surface area contributed by atoms with Crippen LogP contribution in [0.3, 0.4) is 0 Å². The van der Waals surface area contributed by atoms with E-state index in [1.165, 1.54) is 0 Å². The third-order valence-corrected chi connectivity index (χ3v) is 5.91. The quantitative estimate of drug-likeness (QED) is 0.853. The third-order valence-electron chi connectivity index (χ3n) is 5.91. The monoisotopic (exact) mass is 374 g/mol. The smallest absolute Gasteiger partial charge is 0.232 e. The summed E-state index contributed by atoms with van der Waals surface area (Å²) < 4.78 is 0. The zero-order chi connectivity index (χ0) is 19.4. The summed E-state index contributed by atoms with van der Waals surface area (Å²) in [6.45, 7) is 1.04. The van der Waals surface area contributed by atoms with Crippen molar-refractivity contribution in [3.05, 3.63) is 83.6 Å². The summed E-state index contributed by atoms with van der Waals surface area (Å²) in [7, 11) is 0. The number of hydrogen-bond donors (Lipinski definition) is 1. The molecule has 2 aromatic rings. The molecule has 2 aromatic carbocycles. The number of piperidine rings is 1. The van der Waals surface area contributed by atoms with Crippen LogP contribution in [0.4, 0.5) is 0 Å². The number of amides is 2. The van der Waals surface area contributed by atoms with Gasteiger partial charge < -0.3 is 10.2 Å². The fourth-order valence-corrected chi connectivity index (χ4v) is 4.41. The van der Waals surface area contributed by atoms with Crippen LogP contribution in [0.1, 0.15) is 43.2 Å². The van der Waals surface area contributed by atoms with Gasteiger partial charge in [0, 0.05) is 18.7 Å². The molecule has 4 rings (SSSR count). The van der Waals surface area contributed by atoms with Crippen molar-refractivity contribution >= 4 is 11.8 Å². The van der Waals surface area contributed by atoms with Gasteiger partial charge in [-0.2, -0.15) is 0 Å². The molecule has 1 aliphatic carbocycles. The zero-order valence-corrected chi connectivity index (χ0v) is 16.1. The lowest BCUT2D eigenvalue weighted by Gasteiger charge is -2.46. The van der Waals surface area contributed by atoms with E-state index in [-0.39, 0.29) is 11.8 Å². The summed E-state index contributed by atoms with van der Waals surface area (Å²) in [6, 6.07) is 20.0. The number of rotatable bonds is 5. The average Bonchev–Trinajstić information content (AvgIpc) is 2.75. The van der Waals surface area contributed by atoms with Crippen molar-refractivity contribution in [1.82, 2.24) is 10.2 Å². The van der Waals surface area contributed by atoms with Crippen LogP contribution in [-0.4, -0.2) is 16.7 Å². The molecular formula is C24H26N2O2. The van der Waals surface area contributed by atoms with Gasteiger partial charge in [-0.15, -0.1) is 0 Å². The molecule has 0 bridgehead atoms. The maximum absolute atomic E-state index is 13.3. The Kier molecular flexibility index (Phi) is 5.29. The van der Waals surface area contributed by atoms with Crippen LogP contribution in [-0.2, 0) is 22.7 Å². The maximum Gasteiger partial charge on any atom is 0.232 e. The molecule has 0 spiro atoms. The third kappa shape index (κ3) is 3.59. The second-order valence-electron chi connectivity index (χ2n) is 7.70. The Morgan fingerprint density at radius 1 is 0.964 bits per heavy atom. The highest BCUT2D eigenvalue weighted by Gasteiger charge is 2.49. The van der Waals surface area contributed by atoms with E-state index >= 15 is 0 Å². The Morgan fingerprint density at radius 2 is 1.64 bits per heavy atom. The number of fused-ring (bicyclic) bond motifs is 1. The van der Waals surface area contributed by atoms with E-state index in [4.69, 9.17) is 0 Å². The van der Waals surface area contributed by atoms with Crippen molar-refractivity contribution in [2.75, 3.05) is 0 Å². The van der Waals surface area contributed by atoms with Crippen molar-refractivity contribution in [3.8, 4) is 0 Å². The van der Waals surface area contributed by atoms with Gasteiger partial charge in [0.1, 0.15) is 0 Å². The van der Waals surface area contributed by atoms with E-state index in [0.29, 0.717) is 25.9 Å². The minimum atomic E-state index is -0.588. The van der Waals surface area contributed by atoms with Gasteiger partial charge in [-0.3, -0.25) is 9.59 Å². The molecular weight excluding hydrogens is 348 g/mol. The number of likely N-dealkylation sites (tertiary alicyclic amines) is 1. The molecule has 4 heteroatoms. The first kappa shape index (κ1) is 18.5. The summed E-state index contributed by atoms with van der Waals surface area (Å²) in [5, 5.41) is 3.14. The first-order chi connectivity index (χ1) is 13.7. The molecule has 1 fully saturated rings. The van der Waals surface area contributed by atoms with Gasteiger partial charge >= 0.3 is 0 Å². The Hall–Kier alpha value is -2.88. The standard InChI is InChI=1S/C24H26N2O2/c27-22-14-16-24(23(28)25-17-19-9-3-1-4-10-19)15-8-7-13-21(24)26(22)18-20-11-5-2-6-12-20/h1-6,9-13H,7-8,14-18H2,(H,25,28). The lowest BCUT2D eigenvalue weighted by molar-refractivity contribution is -0.141. The number of nitrogens with zero attached hydrogens (tertiary/aromatic N) is 1. The lowest BCUT2D eigenvalue weighted by Crippen LogP contribution is -2.52. The van der Waals surface area contributed by atoms with Crippen molar-refractivity contribution in [2.45, 2.75) is 45.2 Å². The number of hydrogen-bond acceptors (Lipinski definition) is 2. The number of allylic oxidation sites excluding steroid dienone is 1. The summed E-state index contributed by atoms with van der Waals surface area (Å²) in [6.07, 6.45) is 5.84. The molecule has 0 aromatic heterocycles. The molecule has 2 amide bonds. The summed E-state index contributed by atoms with van der Waals surface area (Å²) in [5.41, 5.74) is 2.49. The Morgan fingerprint density at radius 3 is 2.36 bits per heavy atom. The molecule has 1 atom stereocenters. The average molecular weight is 374 g/mol. The van der Waals surface area contributed by atoms with Gasteiger partial charge in [-0.1, -0.05) is 66.7 Å². The molecule has 1 saturated heterocycles. The largest absolute Gasteiger partial charge is 0.351 e. The van der Waals surface area contributed by atoms with Crippen molar-refractivity contribution in [3.63, 3.8) is 0 Å². The highest BCUT2D eigenvalue weighted by atomic mass is 16.2. The molecule has 144 valence electrons. The van der Waals surface area contributed by atoms with Gasteiger partial charge in [0.2, 0.25) is 11.8 Å². The Balaban J connectivity index is 1.57. The van der Waals surface area contributed by atoms with Crippen molar-refractivity contribution in [1.29, 1.82) is 0 Å². The van der Waals surface area contributed by atoms with E-state index in [1.807, 2.05) is 65.6 Å². The fraction of sp³-hybridized carbons (Fsp3) is 0.333. The maximum atomic E-state index is 13.3. The Bertz CT molecular complexity index is 876. The van der Waals surface area contributed by atoms with Crippen LogP contribution in [0.25, 0.3) is 0 Å². The molecule has 0 radical (unpaired) electrons. The van der Waals surface area contributed by atoms with E-state index in [1.54, 1.807) is 0 Å². The van der Waals surface area contributed by atoms with E-state index < -0.39 is 5.41 Å². The minimum Gasteiger partial charge on any atom is -0.351 e. The number of benzene rings is 2. The first-order valence-electron chi connectivity index (χ1n) is 10.1. The van der Waals surface area contributed by atoms with Crippen molar-refractivity contribution in [2.24, 2.45) is 5.41 Å². The highest BCUT2D eigenvalue weighted by Crippen LogP contribution is 2.47. The van der Waals surface area contributed by atoms with Crippen LogP contribution in [0.15, 0.2) is 72.4 Å². The first-order valence-corrected chi connectivity index (χ1v) is 10.1. The zero-order valence-electron chi connectivity index (χ0n) is 16.1. The van der Waals surface area contributed by atoms with E-state index in [9.17, 15) is 9.59 Å². The van der Waals surface area contributed by atoms with Gasteiger partial charge in [-0.25, -0.2) is 0 Å². The van der Waals surface area contributed by atoms with Crippen LogP contribution >= 0.6 is 0 Å². The topological polar surface area (TPSA) is 49.4 Å². The normalized spacial score (nSPS) is 21.6. The molecule has 1 heterocycles. The van der Waals surface area contributed by atoms with Gasteiger partial charge in [-0.05, 0) is 36.8 Å². The molecule has 1 N–H and O–H groups in total. The molecule has 1 aliphatic heterocycles. The number of nitrogens with one attached hydrogen (secondary N) is 1. The molecule has 1 unspecified atom stereocenters. The molecule has 0 saturated carbocycles. The summed E-state index contributed by atoms with van der Waals surface area (Å²) in [4.78, 5) is 27.9. The van der Waals surface area contributed by atoms with Gasteiger partial charge in [0.25, 0.3) is 0 Å². The SMILES string of the molecule is O=C1CCC2(C(=O)NCc3ccccc3)CCCC=C2N1Cc1ccccc1. The molecule has 28 heavy (non-hydrogen) atoms. The van der Waals surface area contributed by atoms with Crippen LogP contribution in [0.5, 0.6) is 0 Å². The van der Waals surface area contributed by atoms with E-state index in [2.05, 4.69) is 11.4 Å². The predicted octanol–water partition coefficient (Wildman–Crippen LogP) is 4.18. The molecule has 4 nitrogen and oxygen atoms in total. The van der Waals surface area contributed by atoms with Crippen LogP contribution < -0.4 is 5.32 Å². The fourth-order valence-electron chi connectivity index (χ4n) is 4.41. The second kappa shape index (κ2) is 8.01. The van der Waals surface area contributed by atoms with Gasteiger partial charge in [0.15, 0.2) is 0 Å². The van der Waals surface area contributed by atoms with Gasteiger partial charge in [0.05, 0.1) is 12.0 Å². The number of carbonyl (C=O) groups excluding carboxylic acids is 2. The summed E-state index contributed by atoms with van der Waals surface area (Å²) >= 11 is 0. The van der Waals surface area contributed by atoms with E-state index in [0.717, 1.165) is 36.1 Å². The van der Waals surface area contributed by atoms with Crippen LogP contribution in [0.2, 0.25) is 0 Å². The second-order valence-corrected chi connectivity index (χ2v) is 7.70. The van der Waals surface area contributed by atoms with Crippen molar-refractivity contribution < 1.29 is 9.59 Å². The van der Waals surface area contributed by atoms with Crippen LogP contribution in [0, 0.1) is 5.41 Å².